The fourth-order valence-corrected chi connectivity index (χ4v) is 8.74. The van der Waals surface area contributed by atoms with Gasteiger partial charge in [-0.25, -0.2) is 28.4 Å². The predicted octanol–water partition coefficient (Wildman–Crippen LogP) is 6.56. The van der Waals surface area contributed by atoms with Gasteiger partial charge in [0.2, 0.25) is 5.91 Å². The van der Waals surface area contributed by atoms with Crippen molar-refractivity contribution in [3.05, 3.63) is 113 Å². The number of aromatic nitrogens is 2. The maximum atomic E-state index is 15.9. The van der Waals surface area contributed by atoms with E-state index in [0.717, 1.165) is 51.0 Å². The number of anilines is 1. The van der Waals surface area contributed by atoms with Gasteiger partial charge in [-0.15, -0.1) is 0 Å². The van der Waals surface area contributed by atoms with E-state index in [9.17, 15) is 55.7 Å². The lowest BCUT2D eigenvalue weighted by Gasteiger charge is -2.39. The van der Waals surface area contributed by atoms with E-state index in [1.54, 1.807) is 30.5 Å². The fourth-order valence-electron chi connectivity index (χ4n) is 8.74. The molecule has 2 aliphatic heterocycles. The second-order valence-electron chi connectivity index (χ2n) is 19.6. The van der Waals surface area contributed by atoms with E-state index in [4.69, 9.17) is 0 Å². The van der Waals surface area contributed by atoms with Crippen molar-refractivity contribution in [2.45, 2.75) is 102 Å². The number of likely N-dealkylation sites (N-methyl/N-ethyl adjacent to an activating group) is 1. The molecule has 0 radical (unpaired) electrons. The van der Waals surface area contributed by atoms with Gasteiger partial charge in [0.15, 0.2) is 0 Å². The Bertz CT molecular complexity index is 2700. The number of amides is 4. The first-order valence-corrected chi connectivity index (χ1v) is 23.5. The summed E-state index contributed by atoms with van der Waals surface area (Å²) >= 11 is 0. The minimum absolute atomic E-state index is 0.0435. The normalized spacial score (nSPS) is 17.7. The topological polar surface area (TPSA) is 202 Å². The Morgan fingerprint density at radius 3 is 1.89 bits per heavy atom. The molecule has 2 aromatic heterocycles. The molecule has 6 atom stereocenters. The van der Waals surface area contributed by atoms with E-state index in [0.29, 0.717) is 61.5 Å². The number of methoxy groups -OCH3 is 1. The number of halogens is 8. The minimum atomic E-state index is -5.23. The highest BCUT2D eigenvalue weighted by Gasteiger charge is 2.57. The number of hydrazine groups is 1. The lowest BCUT2D eigenvalue weighted by Crippen LogP contribution is -2.63. The van der Waals surface area contributed by atoms with Crippen molar-refractivity contribution in [3.63, 3.8) is 0 Å². The number of aliphatic hydroxyl groups is 1. The molecule has 2 aromatic carbocycles. The van der Waals surface area contributed by atoms with Crippen LogP contribution in [0.5, 0.6) is 0 Å². The van der Waals surface area contributed by atoms with Gasteiger partial charge in [0.05, 0.1) is 35.8 Å². The van der Waals surface area contributed by atoms with E-state index in [1.165, 1.54) is 29.7 Å². The van der Waals surface area contributed by atoms with E-state index >= 15 is 8.78 Å². The number of hydrogen-bond donors (Lipinski definition) is 6. The largest absolute Gasteiger partial charge is 0.465 e. The number of nitrogens with one attached hydrogen (secondary N) is 4. The van der Waals surface area contributed by atoms with Crippen LogP contribution in [0.2, 0.25) is 0 Å². The molecule has 2 aliphatic rings. The number of aliphatic hydroxyl groups excluding tert-OH is 1. The summed E-state index contributed by atoms with van der Waals surface area (Å²) in [7, 11) is 2.97. The van der Waals surface area contributed by atoms with Crippen molar-refractivity contribution in [1.82, 2.24) is 41.3 Å². The molecule has 4 amide bonds. The number of nitrogens with zero attached hydrogens (tertiary/aromatic N) is 5. The number of alkyl carbamates (subject to hydrolysis) is 1. The lowest BCUT2D eigenvalue weighted by molar-refractivity contribution is -0.221. The number of pyridine rings is 2. The van der Waals surface area contributed by atoms with Crippen LogP contribution in [0.1, 0.15) is 62.8 Å². The Hall–Kier alpha value is -7.10. The van der Waals surface area contributed by atoms with Gasteiger partial charge >= 0.3 is 24.5 Å². The standard InChI is InChI=1S/C51H57F8N9O7/c1-48(2,50(54,55)56)42(64-47(74)75-6)44(70)62-39(21-30-13-10-29(11-14-30)12-15-31-16-19-41(61-24-31)67-25-33-17-18-34(26-67)66(33)5)40(69)28-68(65-45(71)43(63-46(72)73)49(3,4)51(57,58)59)27-35-36(52)22-32(23-37(35)53)38-9-7-8-20-60-38/h7-11,13-14,16,19-20,22-24,33-34,39-40,42-43,63,69H,17-18,21,25-28H2,1-6H3,(H,62,70)(H,64,74)(H,65,71)(H,72,73). The van der Waals surface area contributed by atoms with Crippen molar-refractivity contribution < 1.29 is 69.3 Å². The number of carbonyl (C=O) groups is 4. The second kappa shape index (κ2) is 23.2. The molecule has 0 saturated carbocycles. The molecule has 16 nitrogen and oxygen atoms in total. The number of rotatable bonds is 17. The van der Waals surface area contributed by atoms with Crippen LogP contribution in [-0.4, -0.2) is 137 Å². The summed E-state index contributed by atoms with van der Waals surface area (Å²) in [5.74, 6) is 1.14. The third kappa shape index (κ3) is 13.8. The number of alkyl halides is 6. The van der Waals surface area contributed by atoms with Crippen LogP contribution in [0.15, 0.2) is 79.1 Å². The van der Waals surface area contributed by atoms with Crippen molar-refractivity contribution in [3.8, 4) is 23.1 Å². The van der Waals surface area contributed by atoms with Crippen molar-refractivity contribution in [2.75, 3.05) is 38.7 Å². The summed E-state index contributed by atoms with van der Waals surface area (Å²) in [5.41, 5.74) is -3.45. The molecule has 6 unspecified atom stereocenters. The van der Waals surface area contributed by atoms with Crippen LogP contribution in [-0.2, 0) is 27.3 Å². The van der Waals surface area contributed by atoms with Gasteiger partial charge in [-0.2, -0.15) is 26.3 Å². The Morgan fingerprint density at radius 2 is 1.37 bits per heavy atom. The van der Waals surface area contributed by atoms with Crippen LogP contribution in [0.3, 0.4) is 0 Å². The average Bonchev–Trinajstić information content (AvgIpc) is 3.52. The highest BCUT2D eigenvalue weighted by molar-refractivity contribution is 5.87. The Balaban J connectivity index is 1.32. The average molecular weight is 1060 g/mol. The Kier molecular flexibility index (Phi) is 17.7. The molecule has 6 rings (SSSR count). The molecule has 0 spiro atoms. The Labute approximate surface area is 427 Å². The van der Waals surface area contributed by atoms with E-state index in [-0.39, 0.29) is 11.3 Å². The van der Waals surface area contributed by atoms with Crippen molar-refractivity contribution in [2.24, 2.45) is 10.8 Å². The molecule has 2 bridgehead atoms. The first-order valence-electron chi connectivity index (χ1n) is 23.5. The lowest BCUT2D eigenvalue weighted by atomic mass is 9.82. The summed E-state index contributed by atoms with van der Waals surface area (Å²) < 4.78 is 123. The number of fused-ring (bicyclic) bond motifs is 2. The number of piperazine rings is 1. The molecular formula is C51H57F8N9O7. The monoisotopic (exact) mass is 1060 g/mol. The highest BCUT2D eigenvalue weighted by atomic mass is 19.4. The molecule has 6 N–H and O–H groups in total. The first-order chi connectivity index (χ1) is 35.1. The molecule has 2 saturated heterocycles. The number of carboxylic acid groups (broad SMARTS) is 1. The zero-order chi connectivity index (χ0) is 55.2. The summed E-state index contributed by atoms with van der Waals surface area (Å²) in [6, 6.07) is 10.3. The van der Waals surface area contributed by atoms with Crippen LogP contribution in [0.25, 0.3) is 11.3 Å². The van der Waals surface area contributed by atoms with Gasteiger partial charge in [-0.05, 0) is 108 Å². The highest BCUT2D eigenvalue weighted by Crippen LogP contribution is 2.42. The summed E-state index contributed by atoms with van der Waals surface area (Å²) in [5, 5.41) is 27.7. The van der Waals surface area contributed by atoms with Gasteiger partial charge in [-0.3, -0.25) is 24.9 Å². The zero-order valence-corrected chi connectivity index (χ0v) is 41.6. The maximum Gasteiger partial charge on any atom is 0.407 e. The number of hydrogen-bond acceptors (Lipinski definition) is 11. The number of ether oxygens (including phenoxy) is 1. The van der Waals surface area contributed by atoms with Gasteiger partial charge in [-0.1, -0.05) is 30.0 Å². The van der Waals surface area contributed by atoms with Gasteiger partial charge < -0.3 is 35.8 Å². The summed E-state index contributed by atoms with van der Waals surface area (Å²) in [4.78, 5) is 65.3. The summed E-state index contributed by atoms with van der Waals surface area (Å²) in [6.45, 7) is 1.85. The number of carbonyl (C=O) groups excluding carboxylic acids is 3. The van der Waals surface area contributed by atoms with Crippen LogP contribution < -0.4 is 26.3 Å². The fraction of sp³-hybridized carbons (Fsp3) is 0.451. The second-order valence-corrected chi connectivity index (χ2v) is 19.6. The SMILES string of the molecule is COC(=O)NC(C(=O)NC(Cc1ccc(C#Cc2ccc(N3CC4CCC(C3)N4C)nc2)cc1)C(O)CN(Cc1c(F)cc(-c2ccccn2)cc1F)NC(=O)C(NC(=O)O)C(C)(C)C(F)(F)F)C(C)(C)C(F)(F)F. The molecule has 4 aromatic rings. The molecule has 75 heavy (non-hydrogen) atoms. The third-order valence-corrected chi connectivity index (χ3v) is 13.7. The smallest absolute Gasteiger partial charge is 0.407 e. The molecular weight excluding hydrogens is 1000 g/mol. The van der Waals surface area contributed by atoms with Gasteiger partial charge in [0.1, 0.15) is 29.5 Å². The molecule has 404 valence electrons. The van der Waals surface area contributed by atoms with Crippen molar-refractivity contribution in [1.29, 1.82) is 0 Å². The molecule has 0 aliphatic carbocycles. The van der Waals surface area contributed by atoms with E-state index in [1.807, 2.05) is 22.9 Å². The predicted molar refractivity (Wildman–Crippen MR) is 257 cm³/mol. The molecule has 2 fully saturated rings. The molecule has 24 heteroatoms. The maximum absolute atomic E-state index is 15.9. The van der Waals surface area contributed by atoms with Crippen LogP contribution >= 0.6 is 0 Å². The molecule has 4 heterocycles. The van der Waals surface area contributed by atoms with E-state index in [2.05, 4.69) is 48.7 Å². The Morgan fingerprint density at radius 1 is 0.800 bits per heavy atom. The van der Waals surface area contributed by atoms with E-state index < -0.39 is 108 Å². The third-order valence-electron chi connectivity index (χ3n) is 13.7. The van der Waals surface area contributed by atoms with Crippen LogP contribution in [0, 0.1) is 34.3 Å². The quantitative estimate of drug-likeness (QED) is 0.0379. The van der Waals surface area contributed by atoms with Crippen molar-refractivity contribution >= 4 is 29.8 Å². The van der Waals surface area contributed by atoms with Crippen LogP contribution in [0.4, 0.5) is 50.5 Å². The number of benzene rings is 2. The van der Waals surface area contributed by atoms with Gasteiger partial charge in [0, 0.05) is 72.9 Å². The first kappa shape index (κ1) is 57.2. The summed E-state index contributed by atoms with van der Waals surface area (Å²) in [6.07, 6.45) is -11.1. The minimum Gasteiger partial charge on any atom is -0.465 e. The zero-order valence-electron chi connectivity index (χ0n) is 41.6. The van der Waals surface area contributed by atoms with Gasteiger partial charge in [0.25, 0.3) is 5.91 Å².